The summed E-state index contributed by atoms with van der Waals surface area (Å²) in [6.07, 6.45) is 0.935. The number of ether oxygens (including phenoxy) is 1. The van der Waals surface area contributed by atoms with Gasteiger partial charge in [-0.25, -0.2) is 9.97 Å². The lowest BCUT2D eigenvalue weighted by atomic mass is 10.1. The number of rotatable bonds is 6. The first-order valence-corrected chi connectivity index (χ1v) is 10.9. The highest BCUT2D eigenvalue weighted by Crippen LogP contribution is 2.38. The molecule has 0 amide bonds. The minimum atomic E-state index is -0.486. The molecular formula is C24H23N5O4. The third kappa shape index (κ3) is 4.20. The standard InChI is InChI=1S/C24H23N5O4/c30-16-21-22-20(15-28(21)14-17-4-2-1-3-5-17)24(27-10-12-33-13-11-27)26-23(25-22)18-6-8-19(9-7-18)29(31)32/h1-9,16,21H,10-15H2. The highest BCUT2D eigenvalue weighted by atomic mass is 16.6. The first-order valence-electron chi connectivity index (χ1n) is 10.9. The van der Waals surface area contributed by atoms with E-state index in [-0.39, 0.29) is 5.69 Å². The molecule has 2 aliphatic heterocycles. The lowest BCUT2D eigenvalue weighted by Crippen LogP contribution is -2.37. The van der Waals surface area contributed by atoms with Gasteiger partial charge in [0.2, 0.25) is 0 Å². The van der Waals surface area contributed by atoms with Gasteiger partial charge in [-0.2, -0.15) is 0 Å². The van der Waals surface area contributed by atoms with Gasteiger partial charge in [-0.3, -0.25) is 15.0 Å². The molecule has 1 fully saturated rings. The number of aldehydes is 1. The number of fused-ring (bicyclic) bond motifs is 1. The molecule has 0 bridgehead atoms. The number of anilines is 1. The first kappa shape index (κ1) is 21.2. The summed E-state index contributed by atoms with van der Waals surface area (Å²) in [5.74, 6) is 1.26. The molecule has 168 valence electrons. The van der Waals surface area contributed by atoms with Gasteiger partial charge in [0.05, 0.1) is 23.8 Å². The van der Waals surface area contributed by atoms with Crippen molar-refractivity contribution >= 4 is 17.8 Å². The quantitative estimate of drug-likeness (QED) is 0.324. The first-order chi connectivity index (χ1) is 16.1. The van der Waals surface area contributed by atoms with Crippen molar-refractivity contribution in [2.24, 2.45) is 0 Å². The molecule has 0 N–H and O–H groups in total. The Balaban J connectivity index is 1.56. The number of nitrogens with zero attached hydrogens (tertiary/aromatic N) is 5. The zero-order valence-electron chi connectivity index (χ0n) is 18.0. The molecule has 0 aliphatic carbocycles. The summed E-state index contributed by atoms with van der Waals surface area (Å²) in [6, 6.07) is 15.7. The van der Waals surface area contributed by atoms with Crippen molar-refractivity contribution < 1.29 is 14.5 Å². The molecule has 2 aliphatic rings. The van der Waals surface area contributed by atoms with Gasteiger partial charge < -0.3 is 14.4 Å². The third-order valence-corrected chi connectivity index (χ3v) is 6.06. The predicted octanol–water partition coefficient (Wildman–Crippen LogP) is 3.14. The average Bonchev–Trinajstić information content (AvgIpc) is 3.21. The third-order valence-electron chi connectivity index (χ3n) is 6.06. The summed E-state index contributed by atoms with van der Waals surface area (Å²) in [6.45, 7) is 3.81. The molecule has 0 radical (unpaired) electrons. The maximum absolute atomic E-state index is 12.2. The van der Waals surface area contributed by atoms with Crippen LogP contribution in [0.5, 0.6) is 0 Å². The monoisotopic (exact) mass is 445 g/mol. The summed E-state index contributed by atoms with van der Waals surface area (Å²) in [5, 5.41) is 11.0. The molecule has 0 spiro atoms. The second-order valence-corrected chi connectivity index (χ2v) is 8.11. The van der Waals surface area contributed by atoms with Crippen molar-refractivity contribution in [3.05, 3.63) is 81.5 Å². The number of hydrogen-bond donors (Lipinski definition) is 0. The van der Waals surface area contributed by atoms with Crippen molar-refractivity contribution in [3.8, 4) is 11.4 Å². The number of nitro groups is 1. The molecule has 9 heteroatoms. The fraction of sp³-hybridized carbons (Fsp3) is 0.292. The Bertz CT molecular complexity index is 1160. The minimum Gasteiger partial charge on any atom is -0.378 e. The molecular weight excluding hydrogens is 422 g/mol. The van der Waals surface area contributed by atoms with Crippen LogP contribution < -0.4 is 4.90 Å². The molecule has 1 aromatic heterocycles. The van der Waals surface area contributed by atoms with Gasteiger partial charge in [-0.05, 0) is 17.7 Å². The molecule has 3 aromatic rings. The Morgan fingerprint density at radius 3 is 2.45 bits per heavy atom. The fourth-order valence-corrected chi connectivity index (χ4v) is 4.38. The Kier molecular flexibility index (Phi) is 5.80. The molecule has 1 unspecified atom stereocenters. The lowest BCUT2D eigenvalue weighted by Gasteiger charge is -2.29. The van der Waals surface area contributed by atoms with Crippen LogP contribution in [0.25, 0.3) is 11.4 Å². The van der Waals surface area contributed by atoms with E-state index in [1.807, 2.05) is 30.3 Å². The number of morpholine rings is 1. The van der Waals surface area contributed by atoms with Crippen molar-refractivity contribution in [2.45, 2.75) is 19.1 Å². The van der Waals surface area contributed by atoms with E-state index in [9.17, 15) is 14.9 Å². The SMILES string of the molecule is O=CC1c2nc(-c3ccc([N+](=O)[O-])cc3)nc(N3CCOCC3)c2CN1Cc1ccccc1. The number of carbonyl (C=O) groups is 1. The van der Waals surface area contributed by atoms with E-state index in [0.29, 0.717) is 56.5 Å². The van der Waals surface area contributed by atoms with Crippen LogP contribution in [-0.2, 0) is 22.6 Å². The van der Waals surface area contributed by atoms with E-state index in [1.54, 1.807) is 12.1 Å². The van der Waals surface area contributed by atoms with E-state index in [2.05, 4.69) is 9.80 Å². The zero-order valence-corrected chi connectivity index (χ0v) is 18.0. The highest BCUT2D eigenvalue weighted by molar-refractivity contribution is 5.69. The molecule has 5 rings (SSSR count). The normalized spacial score (nSPS) is 18.2. The van der Waals surface area contributed by atoms with Crippen molar-refractivity contribution in [3.63, 3.8) is 0 Å². The molecule has 0 saturated carbocycles. The number of carbonyl (C=O) groups excluding carboxylic acids is 1. The molecule has 2 aromatic carbocycles. The Morgan fingerprint density at radius 2 is 1.79 bits per heavy atom. The highest BCUT2D eigenvalue weighted by Gasteiger charge is 2.36. The molecule has 33 heavy (non-hydrogen) atoms. The van der Waals surface area contributed by atoms with Gasteiger partial charge in [0.25, 0.3) is 5.69 Å². The summed E-state index contributed by atoms with van der Waals surface area (Å²) in [7, 11) is 0. The van der Waals surface area contributed by atoms with Gasteiger partial charge in [0.1, 0.15) is 18.1 Å². The lowest BCUT2D eigenvalue weighted by molar-refractivity contribution is -0.384. The topological polar surface area (TPSA) is 102 Å². The number of aromatic nitrogens is 2. The van der Waals surface area contributed by atoms with Crippen LogP contribution >= 0.6 is 0 Å². The van der Waals surface area contributed by atoms with E-state index in [1.165, 1.54) is 12.1 Å². The molecule has 3 heterocycles. The average molecular weight is 445 g/mol. The van der Waals surface area contributed by atoms with Crippen LogP contribution in [0.3, 0.4) is 0 Å². The smallest absolute Gasteiger partial charge is 0.269 e. The molecule has 1 saturated heterocycles. The van der Waals surface area contributed by atoms with Crippen LogP contribution in [0.15, 0.2) is 54.6 Å². The van der Waals surface area contributed by atoms with Crippen LogP contribution in [0.1, 0.15) is 22.9 Å². The maximum Gasteiger partial charge on any atom is 0.269 e. The second kappa shape index (κ2) is 9.05. The largest absolute Gasteiger partial charge is 0.378 e. The van der Waals surface area contributed by atoms with Gasteiger partial charge >= 0.3 is 0 Å². The second-order valence-electron chi connectivity index (χ2n) is 8.11. The summed E-state index contributed by atoms with van der Waals surface area (Å²) >= 11 is 0. The number of nitro benzene ring substituents is 1. The van der Waals surface area contributed by atoms with Crippen LogP contribution in [0.4, 0.5) is 11.5 Å². The molecule has 9 nitrogen and oxygen atoms in total. The summed E-state index contributed by atoms with van der Waals surface area (Å²) in [5.41, 5.74) is 3.45. The number of benzene rings is 2. The van der Waals surface area contributed by atoms with Crippen LogP contribution in [0.2, 0.25) is 0 Å². The van der Waals surface area contributed by atoms with Crippen LogP contribution in [0, 0.1) is 10.1 Å². The Hall–Kier alpha value is -3.69. The Morgan fingerprint density at radius 1 is 1.06 bits per heavy atom. The fourth-order valence-electron chi connectivity index (χ4n) is 4.38. The van der Waals surface area contributed by atoms with E-state index in [0.717, 1.165) is 23.2 Å². The van der Waals surface area contributed by atoms with Gasteiger partial charge in [0.15, 0.2) is 5.82 Å². The van der Waals surface area contributed by atoms with E-state index >= 15 is 0 Å². The van der Waals surface area contributed by atoms with Crippen molar-refractivity contribution in [1.29, 1.82) is 0 Å². The van der Waals surface area contributed by atoms with Crippen molar-refractivity contribution in [1.82, 2.24) is 14.9 Å². The number of non-ortho nitro benzene ring substituents is 1. The summed E-state index contributed by atoms with van der Waals surface area (Å²) in [4.78, 5) is 36.8. The van der Waals surface area contributed by atoms with Gasteiger partial charge in [-0.1, -0.05) is 30.3 Å². The van der Waals surface area contributed by atoms with E-state index < -0.39 is 11.0 Å². The Labute approximate surface area is 190 Å². The maximum atomic E-state index is 12.2. The van der Waals surface area contributed by atoms with Crippen LogP contribution in [-0.4, -0.2) is 52.4 Å². The minimum absolute atomic E-state index is 0.00752. The van der Waals surface area contributed by atoms with E-state index in [4.69, 9.17) is 14.7 Å². The van der Waals surface area contributed by atoms with Crippen molar-refractivity contribution in [2.75, 3.05) is 31.2 Å². The summed E-state index contributed by atoms with van der Waals surface area (Å²) < 4.78 is 5.52. The predicted molar refractivity (Wildman–Crippen MR) is 122 cm³/mol. The number of hydrogen-bond acceptors (Lipinski definition) is 8. The van der Waals surface area contributed by atoms with Gasteiger partial charge in [0, 0.05) is 49.4 Å². The van der Waals surface area contributed by atoms with Gasteiger partial charge in [-0.15, -0.1) is 0 Å². The molecule has 1 atom stereocenters. The zero-order chi connectivity index (χ0) is 22.8.